The lowest BCUT2D eigenvalue weighted by atomic mass is 10.2. The molecule has 1 rings (SSSR count). The van der Waals surface area contributed by atoms with Crippen LogP contribution in [0.1, 0.15) is 32.6 Å². The summed E-state index contributed by atoms with van der Waals surface area (Å²) >= 11 is 0. The molecule has 5 nitrogen and oxygen atoms in total. The van der Waals surface area contributed by atoms with Crippen molar-refractivity contribution in [2.45, 2.75) is 32.9 Å². The zero-order valence-electron chi connectivity index (χ0n) is 11.1. The Hall–Kier alpha value is -1.33. The first-order valence-corrected chi connectivity index (χ1v) is 6.23. The normalized spacial score (nSPS) is 14.5. The molecule has 1 heterocycles. The van der Waals surface area contributed by atoms with Gasteiger partial charge < -0.3 is 20.2 Å². The van der Waals surface area contributed by atoms with Gasteiger partial charge in [-0.25, -0.2) is 0 Å². The Labute approximate surface area is 108 Å². The van der Waals surface area contributed by atoms with Crippen molar-refractivity contribution in [3.8, 4) is 0 Å². The molecule has 0 aliphatic rings. The minimum absolute atomic E-state index is 0.0599. The molecule has 102 valence electrons. The molecule has 0 saturated carbocycles. The first-order chi connectivity index (χ1) is 8.50. The summed E-state index contributed by atoms with van der Waals surface area (Å²) in [6, 6.07) is 3.08. The van der Waals surface area contributed by atoms with Gasteiger partial charge >= 0.3 is 0 Å². The summed E-state index contributed by atoms with van der Waals surface area (Å²) in [4.78, 5) is 11.7. The van der Waals surface area contributed by atoms with Crippen molar-refractivity contribution >= 4 is 5.91 Å². The van der Waals surface area contributed by atoms with Crippen molar-refractivity contribution in [1.82, 2.24) is 10.6 Å². The van der Waals surface area contributed by atoms with E-state index in [0.717, 1.165) is 0 Å². The van der Waals surface area contributed by atoms with E-state index in [0.29, 0.717) is 18.2 Å². The number of carbonyl (C=O) groups excluding carboxylic acids is 1. The van der Waals surface area contributed by atoms with Crippen molar-refractivity contribution in [2.24, 2.45) is 5.92 Å². The minimum Gasteiger partial charge on any atom is -0.467 e. The van der Waals surface area contributed by atoms with Crippen LogP contribution in [0.15, 0.2) is 22.8 Å². The van der Waals surface area contributed by atoms with Gasteiger partial charge in [0.25, 0.3) is 0 Å². The maximum atomic E-state index is 11.7. The van der Waals surface area contributed by atoms with Crippen LogP contribution < -0.4 is 10.6 Å². The van der Waals surface area contributed by atoms with Gasteiger partial charge in [0.15, 0.2) is 0 Å². The van der Waals surface area contributed by atoms with Gasteiger partial charge in [0.1, 0.15) is 11.9 Å². The Morgan fingerprint density at radius 3 is 2.67 bits per heavy atom. The highest BCUT2D eigenvalue weighted by Crippen LogP contribution is 2.11. The van der Waals surface area contributed by atoms with E-state index in [1.54, 1.807) is 19.1 Å². The number of aliphatic hydroxyl groups is 1. The van der Waals surface area contributed by atoms with Gasteiger partial charge in [-0.1, -0.05) is 13.8 Å². The van der Waals surface area contributed by atoms with Gasteiger partial charge in [-0.3, -0.25) is 4.79 Å². The molecule has 2 atom stereocenters. The Balaban J connectivity index is 2.28. The summed E-state index contributed by atoms with van der Waals surface area (Å²) in [6.45, 7) is 6.79. The number of hydrogen-bond acceptors (Lipinski definition) is 4. The molecule has 0 radical (unpaired) electrons. The van der Waals surface area contributed by atoms with Gasteiger partial charge in [0.2, 0.25) is 5.91 Å². The fraction of sp³-hybridized carbons (Fsp3) is 0.615. The maximum Gasteiger partial charge on any atom is 0.236 e. The average Bonchev–Trinajstić information content (AvgIpc) is 2.86. The van der Waals surface area contributed by atoms with E-state index < -0.39 is 6.10 Å². The average molecular weight is 254 g/mol. The molecule has 1 aromatic heterocycles. The van der Waals surface area contributed by atoms with Crippen LogP contribution in [-0.4, -0.2) is 30.1 Å². The van der Waals surface area contributed by atoms with Crippen molar-refractivity contribution in [2.75, 3.05) is 13.1 Å². The maximum absolute atomic E-state index is 11.7. The number of amides is 1. The smallest absolute Gasteiger partial charge is 0.236 e. The molecule has 5 heteroatoms. The predicted octanol–water partition coefficient (Wildman–Crippen LogP) is 1.06. The molecule has 2 unspecified atom stereocenters. The molecule has 0 saturated heterocycles. The zero-order valence-corrected chi connectivity index (χ0v) is 11.1. The lowest BCUT2D eigenvalue weighted by Crippen LogP contribution is -2.44. The molecule has 0 bridgehead atoms. The Kier molecular flexibility index (Phi) is 5.88. The van der Waals surface area contributed by atoms with E-state index in [9.17, 15) is 9.90 Å². The first kappa shape index (κ1) is 14.7. The molecule has 18 heavy (non-hydrogen) atoms. The second kappa shape index (κ2) is 7.18. The van der Waals surface area contributed by atoms with E-state index in [4.69, 9.17) is 4.42 Å². The molecular weight excluding hydrogens is 232 g/mol. The number of nitrogens with one attached hydrogen (secondary N) is 2. The third kappa shape index (κ3) is 4.89. The molecule has 0 spiro atoms. The van der Waals surface area contributed by atoms with E-state index in [1.807, 2.05) is 13.8 Å². The second-order valence-corrected chi connectivity index (χ2v) is 4.80. The fourth-order valence-corrected chi connectivity index (χ4v) is 1.42. The molecule has 3 N–H and O–H groups in total. The highest BCUT2D eigenvalue weighted by molar-refractivity contribution is 5.81. The molecule has 0 aliphatic carbocycles. The van der Waals surface area contributed by atoms with Crippen LogP contribution in [0, 0.1) is 5.92 Å². The van der Waals surface area contributed by atoms with E-state index >= 15 is 0 Å². The van der Waals surface area contributed by atoms with Crippen molar-refractivity contribution in [1.29, 1.82) is 0 Å². The SMILES string of the molecule is CC(C)CNC(=O)C(C)NCC(O)c1ccco1. The largest absolute Gasteiger partial charge is 0.467 e. The zero-order chi connectivity index (χ0) is 13.5. The van der Waals surface area contributed by atoms with Gasteiger partial charge in [-0.2, -0.15) is 0 Å². The number of aliphatic hydroxyl groups excluding tert-OH is 1. The third-order valence-electron chi connectivity index (χ3n) is 2.57. The molecular formula is C13H22N2O3. The minimum atomic E-state index is -0.736. The summed E-state index contributed by atoms with van der Waals surface area (Å²) in [7, 11) is 0. The highest BCUT2D eigenvalue weighted by atomic mass is 16.4. The molecule has 1 amide bonds. The lowest BCUT2D eigenvalue weighted by molar-refractivity contribution is -0.123. The standard InChI is InChI=1S/C13H22N2O3/c1-9(2)7-15-13(17)10(3)14-8-11(16)12-5-4-6-18-12/h4-6,9-11,14,16H,7-8H2,1-3H3,(H,15,17). The summed E-state index contributed by atoms with van der Waals surface area (Å²) < 4.78 is 5.08. The van der Waals surface area contributed by atoms with E-state index in [1.165, 1.54) is 6.26 Å². The van der Waals surface area contributed by atoms with Crippen molar-refractivity contribution in [3.63, 3.8) is 0 Å². The summed E-state index contributed by atoms with van der Waals surface area (Å²) in [5.41, 5.74) is 0. The van der Waals surface area contributed by atoms with Crippen LogP contribution in [0.25, 0.3) is 0 Å². The van der Waals surface area contributed by atoms with E-state index in [2.05, 4.69) is 10.6 Å². The number of rotatable bonds is 7. The monoisotopic (exact) mass is 254 g/mol. The van der Waals surface area contributed by atoms with Gasteiger partial charge in [-0.05, 0) is 25.0 Å². The van der Waals surface area contributed by atoms with Gasteiger partial charge in [-0.15, -0.1) is 0 Å². The van der Waals surface area contributed by atoms with Gasteiger partial charge in [0, 0.05) is 13.1 Å². The summed E-state index contributed by atoms with van der Waals surface area (Å²) in [5.74, 6) is 0.863. The van der Waals surface area contributed by atoms with Crippen LogP contribution in [0.4, 0.5) is 0 Å². The molecule has 0 fully saturated rings. The number of hydrogen-bond donors (Lipinski definition) is 3. The summed E-state index contributed by atoms with van der Waals surface area (Å²) in [5, 5.41) is 15.6. The van der Waals surface area contributed by atoms with Crippen molar-refractivity contribution in [3.05, 3.63) is 24.2 Å². The van der Waals surface area contributed by atoms with Crippen molar-refractivity contribution < 1.29 is 14.3 Å². The van der Waals surface area contributed by atoms with Crippen LogP contribution in [0.2, 0.25) is 0 Å². The Bertz CT molecular complexity index is 349. The summed E-state index contributed by atoms with van der Waals surface area (Å²) in [6.07, 6.45) is 0.775. The molecule has 0 aromatic carbocycles. The third-order valence-corrected chi connectivity index (χ3v) is 2.57. The Morgan fingerprint density at radius 1 is 1.39 bits per heavy atom. The van der Waals surface area contributed by atoms with Gasteiger partial charge in [0.05, 0.1) is 12.3 Å². The quantitative estimate of drug-likeness (QED) is 0.680. The van der Waals surface area contributed by atoms with Crippen LogP contribution in [0.3, 0.4) is 0 Å². The molecule has 1 aromatic rings. The first-order valence-electron chi connectivity index (χ1n) is 6.23. The fourth-order valence-electron chi connectivity index (χ4n) is 1.42. The highest BCUT2D eigenvalue weighted by Gasteiger charge is 2.16. The van der Waals surface area contributed by atoms with E-state index in [-0.39, 0.29) is 18.5 Å². The number of carbonyl (C=O) groups is 1. The topological polar surface area (TPSA) is 74.5 Å². The van der Waals surface area contributed by atoms with Crippen LogP contribution >= 0.6 is 0 Å². The lowest BCUT2D eigenvalue weighted by Gasteiger charge is -2.16. The van der Waals surface area contributed by atoms with Crippen LogP contribution in [-0.2, 0) is 4.79 Å². The predicted molar refractivity (Wildman–Crippen MR) is 69.0 cm³/mol. The van der Waals surface area contributed by atoms with Crippen LogP contribution in [0.5, 0.6) is 0 Å². The number of furan rings is 1. The second-order valence-electron chi connectivity index (χ2n) is 4.80. The molecule has 0 aliphatic heterocycles. The Morgan fingerprint density at radius 2 is 2.11 bits per heavy atom.